The molecule has 1 aromatic heterocycles. The molecule has 3 rings (SSSR count). The Bertz CT molecular complexity index is 984. The Labute approximate surface area is 182 Å². The van der Waals surface area contributed by atoms with E-state index in [1.54, 1.807) is 6.20 Å². The second kappa shape index (κ2) is 9.27. The molecule has 1 aliphatic rings. The van der Waals surface area contributed by atoms with Crippen molar-refractivity contribution in [2.75, 3.05) is 42.9 Å². The molecular weight excluding hydrogens is 435 g/mol. The number of hydrogen-bond donors (Lipinski definition) is 1. The van der Waals surface area contributed by atoms with Crippen LogP contribution in [0.25, 0.3) is 0 Å². The number of nitrogens with zero attached hydrogens (tertiary/aromatic N) is 4. The molecule has 0 aliphatic carbocycles. The normalized spacial score (nSPS) is 15.4. The molecule has 31 heavy (non-hydrogen) atoms. The molecule has 1 N–H and O–H groups in total. The highest BCUT2D eigenvalue weighted by Gasteiger charge is 2.30. The summed E-state index contributed by atoms with van der Waals surface area (Å²) < 4.78 is 39.2. The Morgan fingerprint density at radius 1 is 1.16 bits per heavy atom. The summed E-state index contributed by atoms with van der Waals surface area (Å²) in [6, 6.07) is 4.22. The van der Waals surface area contributed by atoms with Gasteiger partial charge in [-0.15, -0.1) is 0 Å². The summed E-state index contributed by atoms with van der Waals surface area (Å²) in [6.45, 7) is 6.03. The fraction of sp³-hybridized carbons (Fsp3) is 0.450. The molecule has 1 aromatic carbocycles. The lowest BCUT2D eigenvalue weighted by Crippen LogP contribution is -2.49. The van der Waals surface area contributed by atoms with Gasteiger partial charge < -0.3 is 10.2 Å². The Morgan fingerprint density at radius 2 is 1.77 bits per heavy atom. The van der Waals surface area contributed by atoms with Crippen molar-refractivity contribution >= 4 is 28.9 Å². The smallest absolute Gasteiger partial charge is 0.366 e. The van der Waals surface area contributed by atoms with Gasteiger partial charge in [0.1, 0.15) is 5.02 Å². The van der Waals surface area contributed by atoms with E-state index in [4.69, 9.17) is 11.6 Å². The summed E-state index contributed by atoms with van der Waals surface area (Å²) in [7, 11) is 0. The van der Waals surface area contributed by atoms with Crippen LogP contribution in [0.2, 0.25) is 5.02 Å². The van der Waals surface area contributed by atoms with Crippen LogP contribution in [0.4, 0.5) is 24.5 Å². The van der Waals surface area contributed by atoms with Crippen molar-refractivity contribution < 1.29 is 18.0 Å². The number of amides is 1. The Morgan fingerprint density at radius 3 is 2.32 bits per heavy atom. The van der Waals surface area contributed by atoms with Crippen LogP contribution < -0.4 is 15.8 Å². The second-order valence-electron chi connectivity index (χ2n) is 7.57. The zero-order chi connectivity index (χ0) is 22.8. The van der Waals surface area contributed by atoms with E-state index in [9.17, 15) is 22.8 Å². The van der Waals surface area contributed by atoms with E-state index in [1.807, 2.05) is 23.6 Å². The summed E-state index contributed by atoms with van der Waals surface area (Å²) in [5, 5.41) is 6.91. The van der Waals surface area contributed by atoms with E-state index in [0.717, 1.165) is 12.1 Å². The molecule has 0 saturated carbocycles. The van der Waals surface area contributed by atoms with Crippen LogP contribution in [0.15, 0.2) is 35.3 Å². The van der Waals surface area contributed by atoms with Gasteiger partial charge in [-0.1, -0.05) is 11.6 Å². The predicted octanol–water partition coefficient (Wildman–Crippen LogP) is 3.26. The Hall–Kier alpha value is -2.59. The Balaban J connectivity index is 1.54. The molecule has 0 unspecified atom stereocenters. The standard InChI is InChI=1S/C20H23ClF3N5O2/c1-13(2)29-19(31)18(21)16(11-25-29)28-9-7-27(8-10-28)12-17(30)26-15-5-3-14(4-6-15)20(22,23)24/h3-6,11,13H,7-10,12H2,1-2H3,(H,26,30). The number of aromatic nitrogens is 2. The quantitative estimate of drug-likeness (QED) is 0.746. The highest BCUT2D eigenvalue weighted by molar-refractivity contribution is 6.33. The van der Waals surface area contributed by atoms with Crippen LogP contribution in [0, 0.1) is 0 Å². The molecule has 0 radical (unpaired) electrons. The second-order valence-corrected chi connectivity index (χ2v) is 7.95. The fourth-order valence-electron chi connectivity index (χ4n) is 3.32. The molecule has 11 heteroatoms. The molecule has 1 aliphatic heterocycles. The first-order valence-electron chi connectivity index (χ1n) is 9.78. The average Bonchev–Trinajstić information content (AvgIpc) is 2.70. The third kappa shape index (κ3) is 5.56. The average molecular weight is 458 g/mol. The van der Waals surface area contributed by atoms with E-state index in [0.29, 0.717) is 37.6 Å². The molecule has 1 fully saturated rings. The molecule has 168 valence electrons. The molecule has 0 bridgehead atoms. The predicted molar refractivity (Wildman–Crippen MR) is 113 cm³/mol. The third-order valence-corrected chi connectivity index (χ3v) is 5.35. The maximum absolute atomic E-state index is 12.6. The number of carbonyl (C=O) groups excluding carboxylic acids is 1. The van der Waals surface area contributed by atoms with E-state index in [-0.39, 0.29) is 29.1 Å². The maximum Gasteiger partial charge on any atom is 0.416 e. The van der Waals surface area contributed by atoms with Gasteiger partial charge in [0.25, 0.3) is 5.56 Å². The largest absolute Gasteiger partial charge is 0.416 e. The van der Waals surface area contributed by atoms with E-state index in [2.05, 4.69) is 10.4 Å². The van der Waals surface area contributed by atoms with Gasteiger partial charge in [-0.25, -0.2) is 4.68 Å². The minimum atomic E-state index is -4.42. The molecule has 0 spiro atoms. The van der Waals surface area contributed by atoms with Crippen molar-refractivity contribution in [3.8, 4) is 0 Å². The van der Waals surface area contributed by atoms with Gasteiger partial charge in [-0.3, -0.25) is 14.5 Å². The van der Waals surface area contributed by atoms with Crippen molar-refractivity contribution in [3.63, 3.8) is 0 Å². The van der Waals surface area contributed by atoms with E-state index < -0.39 is 11.7 Å². The van der Waals surface area contributed by atoms with Crippen LogP contribution in [0.3, 0.4) is 0 Å². The van der Waals surface area contributed by atoms with Crippen LogP contribution in [-0.2, 0) is 11.0 Å². The Kier molecular flexibility index (Phi) is 6.90. The first kappa shape index (κ1) is 23.1. The highest BCUT2D eigenvalue weighted by atomic mass is 35.5. The minimum absolute atomic E-state index is 0.0981. The van der Waals surface area contributed by atoms with Gasteiger partial charge in [0.2, 0.25) is 5.91 Å². The van der Waals surface area contributed by atoms with Gasteiger partial charge in [0, 0.05) is 31.9 Å². The number of rotatable bonds is 5. The number of anilines is 2. The van der Waals surface area contributed by atoms with Gasteiger partial charge in [-0.05, 0) is 38.1 Å². The van der Waals surface area contributed by atoms with Gasteiger partial charge in [-0.2, -0.15) is 18.3 Å². The zero-order valence-corrected chi connectivity index (χ0v) is 17.9. The lowest BCUT2D eigenvalue weighted by Gasteiger charge is -2.35. The first-order valence-corrected chi connectivity index (χ1v) is 10.2. The topological polar surface area (TPSA) is 70.5 Å². The zero-order valence-electron chi connectivity index (χ0n) is 17.1. The number of hydrogen-bond acceptors (Lipinski definition) is 5. The van der Waals surface area contributed by atoms with Crippen molar-refractivity contribution in [2.24, 2.45) is 0 Å². The van der Waals surface area contributed by atoms with Gasteiger partial charge in [0.15, 0.2) is 0 Å². The lowest BCUT2D eigenvalue weighted by atomic mass is 10.2. The van der Waals surface area contributed by atoms with Crippen LogP contribution in [0.1, 0.15) is 25.5 Å². The molecule has 1 amide bonds. The third-order valence-electron chi connectivity index (χ3n) is 4.99. The fourth-order valence-corrected chi connectivity index (χ4v) is 3.57. The first-order chi connectivity index (χ1) is 14.6. The molecule has 7 nitrogen and oxygen atoms in total. The molecule has 0 atom stereocenters. The highest BCUT2D eigenvalue weighted by Crippen LogP contribution is 2.29. The molecular formula is C20H23ClF3N5O2. The van der Waals surface area contributed by atoms with Crippen molar-refractivity contribution in [3.05, 3.63) is 51.4 Å². The summed E-state index contributed by atoms with van der Waals surface area (Å²) >= 11 is 6.26. The van der Waals surface area contributed by atoms with Crippen LogP contribution in [-0.4, -0.2) is 53.3 Å². The number of carbonyl (C=O) groups is 1. The number of halogens is 4. The lowest BCUT2D eigenvalue weighted by molar-refractivity contribution is -0.137. The summed E-state index contributed by atoms with van der Waals surface area (Å²) in [6.07, 6.45) is -2.84. The summed E-state index contributed by atoms with van der Waals surface area (Å²) in [5.74, 6) is -0.313. The molecule has 2 aromatic rings. The SMILES string of the molecule is CC(C)n1ncc(N2CCN(CC(=O)Nc3ccc(C(F)(F)F)cc3)CC2)c(Cl)c1=O. The summed E-state index contributed by atoms with van der Waals surface area (Å²) in [4.78, 5) is 28.5. The molecule has 2 heterocycles. The number of piperazine rings is 1. The maximum atomic E-state index is 12.6. The van der Waals surface area contributed by atoms with Crippen molar-refractivity contribution in [1.29, 1.82) is 0 Å². The minimum Gasteiger partial charge on any atom is -0.366 e. The summed E-state index contributed by atoms with van der Waals surface area (Å²) in [5.41, 5.74) is -0.235. The van der Waals surface area contributed by atoms with Crippen molar-refractivity contribution in [1.82, 2.24) is 14.7 Å². The van der Waals surface area contributed by atoms with Gasteiger partial charge in [0.05, 0.1) is 30.0 Å². The van der Waals surface area contributed by atoms with Crippen LogP contribution >= 0.6 is 11.6 Å². The number of nitrogens with one attached hydrogen (secondary N) is 1. The number of benzene rings is 1. The molecule has 1 saturated heterocycles. The van der Waals surface area contributed by atoms with E-state index >= 15 is 0 Å². The van der Waals surface area contributed by atoms with Gasteiger partial charge >= 0.3 is 6.18 Å². The van der Waals surface area contributed by atoms with E-state index in [1.165, 1.54) is 16.8 Å². The number of alkyl halides is 3. The van der Waals surface area contributed by atoms with Crippen LogP contribution in [0.5, 0.6) is 0 Å². The monoisotopic (exact) mass is 457 g/mol. The van der Waals surface area contributed by atoms with Crippen molar-refractivity contribution in [2.45, 2.75) is 26.1 Å².